The Morgan fingerprint density at radius 1 is 1.19 bits per heavy atom. The molecular formula is C21H24N2O3S. The molecule has 0 amide bonds. The highest BCUT2D eigenvalue weighted by Gasteiger charge is 2.13. The first-order chi connectivity index (χ1) is 13.0. The summed E-state index contributed by atoms with van der Waals surface area (Å²) in [6.45, 7) is 6.68. The molecule has 5 nitrogen and oxygen atoms in total. The van der Waals surface area contributed by atoms with Crippen LogP contribution in [-0.4, -0.2) is 33.1 Å². The fourth-order valence-corrected chi connectivity index (χ4v) is 3.93. The van der Waals surface area contributed by atoms with Gasteiger partial charge in [-0.25, -0.2) is 4.98 Å². The molecule has 0 saturated heterocycles. The minimum Gasteiger partial charge on any atom is -0.491 e. The number of thioether (sulfide) groups is 1. The zero-order chi connectivity index (χ0) is 19.4. The molecule has 27 heavy (non-hydrogen) atoms. The van der Waals surface area contributed by atoms with Crippen molar-refractivity contribution < 1.29 is 9.84 Å². The molecule has 0 aliphatic rings. The molecule has 0 bridgehead atoms. The first-order valence-corrected chi connectivity index (χ1v) is 9.98. The van der Waals surface area contributed by atoms with Crippen LogP contribution in [0.15, 0.2) is 52.4 Å². The predicted molar refractivity (Wildman–Crippen MR) is 110 cm³/mol. The van der Waals surface area contributed by atoms with Gasteiger partial charge in [0, 0.05) is 12.3 Å². The SMILES string of the molecule is CCn1c(SC[C@@H](O)COc2cc(C)cc(C)c2)nc2ccccc2c1=O. The molecular weight excluding hydrogens is 360 g/mol. The maximum Gasteiger partial charge on any atom is 0.262 e. The van der Waals surface area contributed by atoms with Gasteiger partial charge in [0.05, 0.1) is 17.0 Å². The molecule has 0 saturated carbocycles. The van der Waals surface area contributed by atoms with Gasteiger partial charge in [0.15, 0.2) is 5.16 Å². The highest BCUT2D eigenvalue weighted by Crippen LogP contribution is 2.20. The minimum atomic E-state index is -0.663. The zero-order valence-corrected chi connectivity index (χ0v) is 16.6. The van der Waals surface area contributed by atoms with E-state index in [1.807, 2.05) is 51.1 Å². The summed E-state index contributed by atoms with van der Waals surface area (Å²) in [7, 11) is 0. The van der Waals surface area contributed by atoms with Crippen LogP contribution >= 0.6 is 11.8 Å². The third-order valence-electron chi connectivity index (χ3n) is 4.19. The van der Waals surface area contributed by atoms with E-state index in [9.17, 15) is 9.90 Å². The summed E-state index contributed by atoms with van der Waals surface area (Å²) >= 11 is 1.37. The molecule has 3 aromatic rings. The first kappa shape index (κ1) is 19.5. The Kier molecular flexibility index (Phi) is 6.19. The van der Waals surface area contributed by atoms with Crippen LogP contribution in [0.2, 0.25) is 0 Å². The Labute approximate surface area is 163 Å². The minimum absolute atomic E-state index is 0.0495. The van der Waals surface area contributed by atoms with Crippen molar-refractivity contribution in [2.24, 2.45) is 0 Å². The van der Waals surface area contributed by atoms with Crippen molar-refractivity contribution in [3.8, 4) is 5.75 Å². The summed E-state index contributed by atoms with van der Waals surface area (Å²) in [6, 6.07) is 13.3. The highest BCUT2D eigenvalue weighted by molar-refractivity contribution is 7.99. The van der Waals surface area contributed by atoms with E-state index >= 15 is 0 Å². The van der Waals surface area contributed by atoms with Crippen molar-refractivity contribution in [1.29, 1.82) is 0 Å². The molecule has 1 atom stereocenters. The Balaban J connectivity index is 1.68. The molecule has 0 fully saturated rings. The Morgan fingerprint density at radius 3 is 2.59 bits per heavy atom. The van der Waals surface area contributed by atoms with Crippen molar-refractivity contribution in [3.05, 3.63) is 63.9 Å². The van der Waals surface area contributed by atoms with Crippen molar-refractivity contribution in [2.75, 3.05) is 12.4 Å². The van der Waals surface area contributed by atoms with E-state index in [-0.39, 0.29) is 12.2 Å². The fourth-order valence-electron chi connectivity index (χ4n) is 2.96. The second kappa shape index (κ2) is 8.59. The average Bonchev–Trinajstić information content (AvgIpc) is 2.64. The van der Waals surface area contributed by atoms with Crippen molar-refractivity contribution in [2.45, 2.75) is 38.6 Å². The predicted octanol–water partition coefficient (Wildman–Crippen LogP) is 3.57. The van der Waals surface area contributed by atoms with Crippen LogP contribution in [0, 0.1) is 13.8 Å². The largest absolute Gasteiger partial charge is 0.491 e. The van der Waals surface area contributed by atoms with Gasteiger partial charge in [0.25, 0.3) is 5.56 Å². The summed E-state index contributed by atoms with van der Waals surface area (Å²) in [5.74, 6) is 1.15. The first-order valence-electron chi connectivity index (χ1n) is 8.99. The number of hydrogen-bond acceptors (Lipinski definition) is 5. The Bertz CT molecular complexity index is 980. The maximum absolute atomic E-state index is 12.6. The molecule has 142 valence electrons. The van der Waals surface area contributed by atoms with E-state index < -0.39 is 6.10 Å². The van der Waals surface area contributed by atoms with Gasteiger partial charge in [-0.2, -0.15) is 0 Å². The molecule has 0 radical (unpaired) electrons. The molecule has 0 spiro atoms. The smallest absolute Gasteiger partial charge is 0.262 e. The highest BCUT2D eigenvalue weighted by atomic mass is 32.2. The summed E-state index contributed by atoms with van der Waals surface area (Å²) in [5.41, 5.74) is 2.88. The molecule has 1 heterocycles. The van der Waals surface area contributed by atoms with Gasteiger partial charge < -0.3 is 9.84 Å². The van der Waals surface area contributed by atoms with Crippen LogP contribution in [0.3, 0.4) is 0 Å². The van der Waals surface area contributed by atoms with Crippen LogP contribution in [0.25, 0.3) is 10.9 Å². The number of aryl methyl sites for hydroxylation is 2. The fraction of sp³-hybridized carbons (Fsp3) is 0.333. The lowest BCUT2D eigenvalue weighted by atomic mass is 10.1. The quantitative estimate of drug-likeness (QED) is 0.498. The van der Waals surface area contributed by atoms with E-state index in [4.69, 9.17) is 4.74 Å². The lowest BCUT2D eigenvalue weighted by molar-refractivity contribution is 0.126. The Morgan fingerprint density at radius 2 is 1.89 bits per heavy atom. The number of ether oxygens (including phenoxy) is 1. The van der Waals surface area contributed by atoms with Crippen molar-refractivity contribution >= 4 is 22.7 Å². The van der Waals surface area contributed by atoms with Gasteiger partial charge in [0.1, 0.15) is 12.4 Å². The summed E-state index contributed by atoms with van der Waals surface area (Å²) in [6.07, 6.45) is -0.663. The van der Waals surface area contributed by atoms with Crippen LogP contribution in [0.5, 0.6) is 5.75 Å². The summed E-state index contributed by atoms with van der Waals surface area (Å²) in [5, 5.41) is 11.5. The summed E-state index contributed by atoms with van der Waals surface area (Å²) < 4.78 is 7.36. The van der Waals surface area contributed by atoms with Gasteiger partial charge in [-0.3, -0.25) is 9.36 Å². The van der Waals surface area contributed by atoms with Gasteiger partial charge in [-0.05, 0) is 56.2 Å². The van der Waals surface area contributed by atoms with E-state index in [1.54, 1.807) is 10.6 Å². The number of aliphatic hydroxyl groups excluding tert-OH is 1. The number of aromatic nitrogens is 2. The number of fused-ring (bicyclic) bond motifs is 1. The number of hydrogen-bond donors (Lipinski definition) is 1. The third-order valence-corrected chi connectivity index (χ3v) is 5.31. The molecule has 1 aromatic heterocycles. The number of aliphatic hydroxyl groups is 1. The number of benzene rings is 2. The molecule has 0 unspecified atom stereocenters. The number of para-hydroxylation sites is 1. The monoisotopic (exact) mass is 384 g/mol. The van der Waals surface area contributed by atoms with E-state index in [0.29, 0.717) is 28.4 Å². The number of nitrogens with zero attached hydrogens (tertiary/aromatic N) is 2. The van der Waals surface area contributed by atoms with Gasteiger partial charge in [-0.15, -0.1) is 0 Å². The second-order valence-electron chi connectivity index (χ2n) is 6.56. The Hall–Kier alpha value is -2.31. The molecule has 0 aliphatic heterocycles. The normalized spacial score (nSPS) is 12.3. The topological polar surface area (TPSA) is 64.3 Å². The van der Waals surface area contributed by atoms with Gasteiger partial charge >= 0.3 is 0 Å². The standard InChI is InChI=1S/C21H24N2O3S/c1-4-23-20(25)18-7-5-6-8-19(18)22-21(23)27-13-16(24)12-26-17-10-14(2)9-15(3)11-17/h5-11,16,24H,4,12-13H2,1-3H3/t16-/m0/s1. The van der Waals surface area contributed by atoms with Crippen molar-refractivity contribution in [3.63, 3.8) is 0 Å². The third kappa shape index (κ3) is 4.70. The van der Waals surface area contributed by atoms with Gasteiger partial charge in [-0.1, -0.05) is 30.0 Å². The zero-order valence-electron chi connectivity index (χ0n) is 15.8. The molecule has 1 N–H and O–H groups in total. The van der Waals surface area contributed by atoms with Gasteiger partial charge in [0.2, 0.25) is 0 Å². The van der Waals surface area contributed by atoms with Crippen LogP contribution < -0.4 is 10.3 Å². The van der Waals surface area contributed by atoms with Crippen LogP contribution in [-0.2, 0) is 6.54 Å². The molecule has 2 aromatic carbocycles. The molecule has 6 heteroatoms. The van der Waals surface area contributed by atoms with Crippen LogP contribution in [0.1, 0.15) is 18.1 Å². The number of rotatable bonds is 7. The van der Waals surface area contributed by atoms with Crippen molar-refractivity contribution in [1.82, 2.24) is 9.55 Å². The molecule has 3 rings (SSSR count). The maximum atomic E-state index is 12.6. The lowest BCUT2D eigenvalue weighted by Crippen LogP contribution is -2.24. The van der Waals surface area contributed by atoms with E-state index in [1.165, 1.54) is 11.8 Å². The van der Waals surface area contributed by atoms with E-state index in [0.717, 1.165) is 16.9 Å². The second-order valence-corrected chi connectivity index (χ2v) is 7.55. The summed E-state index contributed by atoms with van der Waals surface area (Å²) in [4.78, 5) is 17.2. The van der Waals surface area contributed by atoms with E-state index in [2.05, 4.69) is 11.1 Å². The van der Waals surface area contributed by atoms with Crippen LogP contribution in [0.4, 0.5) is 0 Å². The molecule has 0 aliphatic carbocycles. The lowest BCUT2D eigenvalue weighted by Gasteiger charge is -2.15. The average molecular weight is 385 g/mol.